The molecule has 0 aliphatic rings. The molecular formula is C14H17Br2FN4. The van der Waals surface area contributed by atoms with Gasteiger partial charge in [-0.05, 0) is 40.0 Å². The van der Waals surface area contributed by atoms with E-state index in [-0.39, 0.29) is 11.9 Å². The van der Waals surface area contributed by atoms with Crippen LogP contribution < -0.4 is 11.3 Å². The van der Waals surface area contributed by atoms with Gasteiger partial charge in [0.05, 0.1) is 21.9 Å². The van der Waals surface area contributed by atoms with E-state index in [1.54, 1.807) is 6.07 Å². The monoisotopic (exact) mass is 418 g/mol. The van der Waals surface area contributed by atoms with E-state index in [4.69, 9.17) is 5.84 Å². The molecule has 0 aliphatic heterocycles. The number of halogens is 3. The van der Waals surface area contributed by atoms with Gasteiger partial charge >= 0.3 is 0 Å². The van der Waals surface area contributed by atoms with Crippen LogP contribution in [0.25, 0.3) is 0 Å². The minimum atomic E-state index is -0.281. The van der Waals surface area contributed by atoms with Crippen LogP contribution in [0.1, 0.15) is 29.9 Å². The van der Waals surface area contributed by atoms with Gasteiger partial charge in [-0.1, -0.05) is 28.9 Å². The zero-order chi connectivity index (χ0) is 15.6. The first-order valence-electron chi connectivity index (χ1n) is 6.59. The van der Waals surface area contributed by atoms with Gasteiger partial charge in [0.25, 0.3) is 0 Å². The van der Waals surface area contributed by atoms with Gasteiger partial charge < -0.3 is 0 Å². The molecule has 0 aliphatic carbocycles. The van der Waals surface area contributed by atoms with Gasteiger partial charge in [-0.2, -0.15) is 5.10 Å². The van der Waals surface area contributed by atoms with Crippen molar-refractivity contribution < 1.29 is 4.39 Å². The number of hydrazine groups is 1. The van der Waals surface area contributed by atoms with Gasteiger partial charge in [0, 0.05) is 17.9 Å². The van der Waals surface area contributed by atoms with Gasteiger partial charge in [0.2, 0.25) is 0 Å². The first kappa shape index (κ1) is 16.6. The molecule has 114 valence electrons. The van der Waals surface area contributed by atoms with Crippen LogP contribution in [0.2, 0.25) is 0 Å². The van der Waals surface area contributed by atoms with Crippen LogP contribution in [0.3, 0.4) is 0 Å². The number of nitrogens with one attached hydrogen (secondary N) is 1. The molecule has 21 heavy (non-hydrogen) atoms. The number of benzene rings is 1. The fourth-order valence-electron chi connectivity index (χ4n) is 2.28. The largest absolute Gasteiger partial charge is 0.271 e. The SMILES string of the molecule is CCc1nn(C)c(CC(NN)c2ccc(F)cc2Br)c1Br. The lowest BCUT2D eigenvalue weighted by Gasteiger charge is -2.18. The summed E-state index contributed by atoms with van der Waals surface area (Å²) in [7, 11) is 1.91. The number of rotatable bonds is 5. The highest BCUT2D eigenvalue weighted by Crippen LogP contribution is 2.30. The summed E-state index contributed by atoms with van der Waals surface area (Å²) in [5, 5.41) is 4.48. The average molecular weight is 420 g/mol. The van der Waals surface area contributed by atoms with Crippen LogP contribution >= 0.6 is 31.9 Å². The number of hydrogen-bond acceptors (Lipinski definition) is 3. The topological polar surface area (TPSA) is 55.9 Å². The van der Waals surface area contributed by atoms with Crippen molar-refractivity contribution in [3.63, 3.8) is 0 Å². The Kier molecular flexibility index (Phi) is 5.54. The fraction of sp³-hybridized carbons (Fsp3) is 0.357. The number of aryl methyl sites for hydroxylation is 2. The maximum atomic E-state index is 13.2. The Morgan fingerprint density at radius 2 is 2.14 bits per heavy atom. The predicted molar refractivity (Wildman–Crippen MR) is 88.2 cm³/mol. The minimum absolute atomic E-state index is 0.142. The summed E-state index contributed by atoms with van der Waals surface area (Å²) in [4.78, 5) is 0. The molecule has 3 N–H and O–H groups in total. The van der Waals surface area contributed by atoms with Gasteiger partial charge in [-0.25, -0.2) is 4.39 Å². The lowest BCUT2D eigenvalue weighted by Crippen LogP contribution is -2.30. The van der Waals surface area contributed by atoms with Crippen molar-refractivity contribution in [1.29, 1.82) is 0 Å². The van der Waals surface area contributed by atoms with E-state index in [2.05, 4.69) is 49.3 Å². The quantitative estimate of drug-likeness (QED) is 0.576. The van der Waals surface area contributed by atoms with E-state index >= 15 is 0 Å². The lowest BCUT2D eigenvalue weighted by molar-refractivity contribution is 0.525. The van der Waals surface area contributed by atoms with Crippen LogP contribution in [-0.2, 0) is 19.9 Å². The molecule has 0 saturated carbocycles. The molecular weight excluding hydrogens is 403 g/mol. The molecule has 0 spiro atoms. The first-order chi connectivity index (χ1) is 9.97. The molecule has 1 unspecified atom stereocenters. The molecule has 0 amide bonds. The van der Waals surface area contributed by atoms with Crippen molar-refractivity contribution in [2.75, 3.05) is 0 Å². The highest BCUT2D eigenvalue weighted by Gasteiger charge is 2.20. The Balaban J connectivity index is 2.33. The summed E-state index contributed by atoms with van der Waals surface area (Å²) < 4.78 is 16.8. The summed E-state index contributed by atoms with van der Waals surface area (Å²) in [6, 6.07) is 4.46. The minimum Gasteiger partial charge on any atom is -0.271 e. The van der Waals surface area contributed by atoms with Gasteiger partial charge in [-0.3, -0.25) is 16.0 Å². The Morgan fingerprint density at radius 3 is 2.67 bits per heavy atom. The van der Waals surface area contributed by atoms with E-state index in [0.29, 0.717) is 10.9 Å². The maximum absolute atomic E-state index is 13.2. The molecule has 2 aromatic rings. The molecule has 0 saturated heterocycles. The van der Waals surface area contributed by atoms with Crippen LogP contribution in [0.15, 0.2) is 27.1 Å². The Hall–Kier alpha value is -0.760. The van der Waals surface area contributed by atoms with E-state index in [1.807, 2.05) is 11.7 Å². The zero-order valence-electron chi connectivity index (χ0n) is 11.8. The van der Waals surface area contributed by atoms with E-state index in [9.17, 15) is 4.39 Å². The smallest absolute Gasteiger partial charge is 0.124 e. The maximum Gasteiger partial charge on any atom is 0.124 e. The molecule has 0 fully saturated rings. The van der Waals surface area contributed by atoms with Crippen molar-refractivity contribution in [3.8, 4) is 0 Å². The summed E-state index contributed by atoms with van der Waals surface area (Å²) in [6.45, 7) is 2.06. The normalized spacial score (nSPS) is 12.7. The number of aromatic nitrogens is 2. The Bertz CT molecular complexity index is 642. The van der Waals surface area contributed by atoms with Crippen molar-refractivity contribution in [2.24, 2.45) is 12.9 Å². The average Bonchev–Trinajstić information content (AvgIpc) is 2.72. The molecule has 2 rings (SSSR count). The molecule has 0 bridgehead atoms. The molecule has 1 heterocycles. The van der Waals surface area contributed by atoms with Gasteiger partial charge in [0.1, 0.15) is 5.82 Å². The molecule has 0 radical (unpaired) electrons. The van der Waals surface area contributed by atoms with E-state index < -0.39 is 0 Å². The van der Waals surface area contributed by atoms with E-state index in [1.165, 1.54) is 12.1 Å². The molecule has 1 aromatic carbocycles. The lowest BCUT2D eigenvalue weighted by atomic mass is 10.0. The second kappa shape index (κ2) is 7.00. The molecule has 1 atom stereocenters. The van der Waals surface area contributed by atoms with Crippen molar-refractivity contribution in [2.45, 2.75) is 25.8 Å². The highest BCUT2D eigenvalue weighted by molar-refractivity contribution is 9.10. The van der Waals surface area contributed by atoms with Gasteiger partial charge in [0.15, 0.2) is 0 Å². The second-order valence-electron chi connectivity index (χ2n) is 4.77. The molecule has 4 nitrogen and oxygen atoms in total. The third kappa shape index (κ3) is 3.53. The number of hydrogen-bond donors (Lipinski definition) is 2. The predicted octanol–water partition coefficient (Wildman–Crippen LogP) is 3.39. The zero-order valence-corrected chi connectivity index (χ0v) is 15.0. The van der Waals surface area contributed by atoms with Crippen molar-refractivity contribution in [3.05, 3.63) is 49.9 Å². The first-order valence-corrected chi connectivity index (χ1v) is 8.17. The number of nitrogens with zero attached hydrogens (tertiary/aromatic N) is 2. The van der Waals surface area contributed by atoms with Crippen LogP contribution in [0.4, 0.5) is 4.39 Å². The summed E-state index contributed by atoms with van der Waals surface area (Å²) >= 11 is 6.99. The summed E-state index contributed by atoms with van der Waals surface area (Å²) in [5.41, 5.74) is 5.76. The Labute approximate surface area is 140 Å². The summed E-state index contributed by atoms with van der Waals surface area (Å²) in [6.07, 6.45) is 1.50. The van der Waals surface area contributed by atoms with Gasteiger partial charge in [-0.15, -0.1) is 0 Å². The Morgan fingerprint density at radius 1 is 1.43 bits per heavy atom. The fourth-order valence-corrected chi connectivity index (χ4v) is 3.68. The van der Waals surface area contributed by atoms with E-state index in [0.717, 1.165) is 27.8 Å². The standard InChI is InChI=1S/C14H17Br2FN4/c1-3-11-14(16)13(21(2)20-11)7-12(19-18)9-5-4-8(17)6-10(9)15/h4-6,12,19H,3,7,18H2,1-2H3. The van der Waals surface area contributed by atoms with Crippen LogP contribution in [-0.4, -0.2) is 9.78 Å². The van der Waals surface area contributed by atoms with Crippen molar-refractivity contribution in [1.82, 2.24) is 15.2 Å². The molecule has 1 aromatic heterocycles. The third-order valence-corrected chi connectivity index (χ3v) is 5.04. The summed E-state index contributed by atoms with van der Waals surface area (Å²) in [5.74, 6) is 5.41. The van der Waals surface area contributed by atoms with Crippen LogP contribution in [0.5, 0.6) is 0 Å². The molecule has 7 heteroatoms. The van der Waals surface area contributed by atoms with Crippen LogP contribution in [0, 0.1) is 5.82 Å². The number of nitrogens with two attached hydrogens (primary N) is 1. The van der Waals surface area contributed by atoms with Crippen molar-refractivity contribution >= 4 is 31.9 Å². The highest BCUT2D eigenvalue weighted by atomic mass is 79.9. The second-order valence-corrected chi connectivity index (χ2v) is 6.42. The third-order valence-electron chi connectivity index (χ3n) is 3.44.